The van der Waals surface area contributed by atoms with Crippen LogP contribution in [0, 0.1) is 10.1 Å². The average molecular weight is 552 g/mol. The number of thioether (sulfide) groups is 1. The molecule has 2 aliphatic rings. The van der Waals surface area contributed by atoms with E-state index < -0.39 is 16.1 Å². The van der Waals surface area contributed by atoms with Crippen LogP contribution in [0.5, 0.6) is 5.75 Å². The molecule has 2 fully saturated rings. The second-order valence-corrected chi connectivity index (χ2v) is 9.59. The number of rotatable bonds is 7. The highest BCUT2D eigenvalue weighted by atomic mass is 35.5. The summed E-state index contributed by atoms with van der Waals surface area (Å²) in [4.78, 5) is 50.5. The van der Waals surface area contributed by atoms with Crippen LogP contribution in [0.1, 0.15) is 11.1 Å². The van der Waals surface area contributed by atoms with E-state index in [0.717, 1.165) is 16.7 Å². The van der Waals surface area contributed by atoms with Crippen molar-refractivity contribution in [1.29, 1.82) is 0 Å². The number of hydrogen-bond acceptors (Lipinski definition) is 8. The van der Waals surface area contributed by atoms with Crippen molar-refractivity contribution in [2.24, 2.45) is 0 Å². The van der Waals surface area contributed by atoms with Crippen LogP contribution in [0.4, 0.5) is 10.5 Å². The fraction of sp³-hybridized carbons (Fsp3) is 0.261. The first-order chi connectivity index (χ1) is 17.2. The van der Waals surface area contributed by atoms with Crippen molar-refractivity contribution in [2.75, 3.05) is 32.8 Å². The number of benzene rings is 2. The number of nitro benzene ring substituents is 1. The number of nitrogens with zero attached hydrogens (tertiary/aromatic N) is 3. The first kappa shape index (κ1) is 26.0. The lowest BCUT2D eigenvalue weighted by molar-refractivity contribution is -0.384. The van der Waals surface area contributed by atoms with E-state index in [-0.39, 0.29) is 45.4 Å². The molecule has 0 aliphatic carbocycles. The van der Waals surface area contributed by atoms with Gasteiger partial charge in [0.2, 0.25) is 5.91 Å². The fourth-order valence-electron chi connectivity index (χ4n) is 3.51. The second-order valence-electron chi connectivity index (χ2n) is 7.79. The van der Waals surface area contributed by atoms with E-state index in [1.807, 2.05) is 0 Å². The molecule has 0 unspecified atom stereocenters. The van der Waals surface area contributed by atoms with Crippen LogP contribution < -0.4 is 4.74 Å². The highest BCUT2D eigenvalue weighted by Crippen LogP contribution is 2.38. The molecule has 4 rings (SSSR count). The Morgan fingerprint density at radius 2 is 1.78 bits per heavy atom. The Balaban J connectivity index is 1.43. The molecule has 10 nitrogen and oxygen atoms in total. The van der Waals surface area contributed by atoms with Gasteiger partial charge < -0.3 is 14.4 Å². The van der Waals surface area contributed by atoms with Crippen LogP contribution in [0.25, 0.3) is 6.08 Å². The number of amides is 3. The minimum atomic E-state index is -0.572. The molecular formula is C23H19Cl2N3O7S. The zero-order valence-electron chi connectivity index (χ0n) is 18.6. The molecule has 2 saturated heterocycles. The lowest BCUT2D eigenvalue weighted by Crippen LogP contribution is -2.46. The second kappa shape index (κ2) is 11.3. The third-order valence-corrected chi connectivity index (χ3v) is 6.85. The van der Waals surface area contributed by atoms with Crippen molar-refractivity contribution in [2.45, 2.75) is 6.61 Å². The lowest BCUT2D eigenvalue weighted by atomic mass is 10.2. The van der Waals surface area contributed by atoms with Gasteiger partial charge in [-0.2, -0.15) is 0 Å². The summed E-state index contributed by atoms with van der Waals surface area (Å²) < 4.78 is 10.9. The number of ether oxygens (including phenoxy) is 2. The summed E-state index contributed by atoms with van der Waals surface area (Å²) in [6.07, 6.45) is 1.47. The van der Waals surface area contributed by atoms with Crippen LogP contribution >= 0.6 is 35.0 Å². The summed E-state index contributed by atoms with van der Waals surface area (Å²) in [6.45, 7) is 1.41. The van der Waals surface area contributed by atoms with Crippen LogP contribution in [0.2, 0.25) is 10.0 Å². The maximum absolute atomic E-state index is 12.8. The van der Waals surface area contributed by atoms with Crippen LogP contribution in [0.3, 0.4) is 0 Å². The molecule has 2 heterocycles. The van der Waals surface area contributed by atoms with E-state index in [1.165, 1.54) is 30.3 Å². The van der Waals surface area contributed by atoms with Crippen molar-refractivity contribution in [3.8, 4) is 5.75 Å². The molecule has 0 saturated carbocycles. The smallest absolute Gasteiger partial charge is 0.294 e. The van der Waals surface area contributed by atoms with E-state index in [4.69, 9.17) is 32.7 Å². The molecule has 0 aromatic heterocycles. The predicted octanol–water partition coefficient (Wildman–Crippen LogP) is 4.38. The Bertz CT molecular complexity index is 1220. The predicted molar refractivity (Wildman–Crippen MR) is 134 cm³/mol. The topological polar surface area (TPSA) is 119 Å². The summed E-state index contributed by atoms with van der Waals surface area (Å²) in [5.41, 5.74) is 1.11. The zero-order chi connectivity index (χ0) is 25.8. The van der Waals surface area contributed by atoms with Gasteiger partial charge in [-0.15, -0.1) is 0 Å². The molecule has 0 atom stereocenters. The molecule has 0 bridgehead atoms. The Kier molecular flexibility index (Phi) is 8.14. The van der Waals surface area contributed by atoms with Crippen molar-refractivity contribution < 1.29 is 28.8 Å². The van der Waals surface area contributed by atoms with E-state index in [0.29, 0.717) is 37.4 Å². The first-order valence-corrected chi connectivity index (χ1v) is 12.3. The van der Waals surface area contributed by atoms with Gasteiger partial charge in [-0.1, -0.05) is 23.2 Å². The third kappa shape index (κ3) is 5.98. The SMILES string of the molecule is O=C(CN1C(=O)S/C(=C/c2cc(Cl)c(OCc3ccc([N+](=O)[O-])cc3)c(Cl)c2)C1=O)N1CCOCC1. The molecule has 36 heavy (non-hydrogen) atoms. The van der Waals surface area contributed by atoms with Crippen molar-refractivity contribution >= 4 is 63.8 Å². The quantitative estimate of drug-likeness (QED) is 0.282. The van der Waals surface area contributed by atoms with E-state index in [1.54, 1.807) is 17.0 Å². The molecular weight excluding hydrogens is 533 g/mol. The molecule has 0 spiro atoms. The highest BCUT2D eigenvalue weighted by Gasteiger charge is 2.37. The van der Waals surface area contributed by atoms with Crippen molar-refractivity contribution in [3.63, 3.8) is 0 Å². The molecule has 188 valence electrons. The summed E-state index contributed by atoms with van der Waals surface area (Å²) >= 11 is 13.4. The molecule has 0 N–H and O–H groups in total. The standard InChI is InChI=1S/C23H19Cl2N3O7S/c24-17-9-15(10-18(25)21(17)35-13-14-1-3-16(4-2-14)28(32)33)11-19-22(30)27(23(31)36-19)12-20(29)26-5-7-34-8-6-26/h1-4,9-11H,5-8,12-13H2/b19-11+. The molecule has 0 radical (unpaired) electrons. The Labute approximate surface area is 219 Å². The maximum Gasteiger partial charge on any atom is 0.294 e. The normalized spacial score (nSPS) is 17.1. The molecule has 2 aromatic carbocycles. The monoisotopic (exact) mass is 551 g/mol. The van der Waals surface area contributed by atoms with Gasteiger partial charge in [-0.25, -0.2) is 0 Å². The van der Waals surface area contributed by atoms with E-state index in [9.17, 15) is 24.5 Å². The summed E-state index contributed by atoms with van der Waals surface area (Å²) in [7, 11) is 0. The highest BCUT2D eigenvalue weighted by molar-refractivity contribution is 8.18. The van der Waals surface area contributed by atoms with Crippen LogP contribution in [0.15, 0.2) is 41.3 Å². The minimum Gasteiger partial charge on any atom is -0.486 e. The average Bonchev–Trinajstić information content (AvgIpc) is 3.11. The van der Waals surface area contributed by atoms with Crippen molar-refractivity contribution in [1.82, 2.24) is 9.80 Å². The summed E-state index contributed by atoms with van der Waals surface area (Å²) in [5.74, 6) is -0.683. The Morgan fingerprint density at radius 1 is 1.14 bits per heavy atom. The largest absolute Gasteiger partial charge is 0.486 e. The van der Waals surface area contributed by atoms with Crippen LogP contribution in [-0.4, -0.2) is 64.6 Å². The number of nitro groups is 1. The third-order valence-electron chi connectivity index (χ3n) is 5.38. The number of imide groups is 1. The minimum absolute atomic E-state index is 0.0333. The Hall–Kier alpha value is -3.12. The summed E-state index contributed by atoms with van der Waals surface area (Å²) in [6, 6.07) is 8.93. The van der Waals surface area contributed by atoms with Gasteiger partial charge in [0.1, 0.15) is 13.2 Å². The van der Waals surface area contributed by atoms with Crippen LogP contribution in [-0.2, 0) is 20.9 Å². The number of carbonyl (C=O) groups excluding carboxylic acids is 3. The number of halogens is 2. The molecule has 2 aliphatic heterocycles. The lowest BCUT2D eigenvalue weighted by Gasteiger charge is -2.28. The van der Waals surface area contributed by atoms with Gasteiger partial charge in [0.05, 0.1) is 33.1 Å². The van der Waals surface area contributed by atoms with E-state index >= 15 is 0 Å². The fourth-order valence-corrected chi connectivity index (χ4v) is 4.96. The van der Waals surface area contributed by atoms with Gasteiger partial charge in [-0.3, -0.25) is 29.4 Å². The van der Waals surface area contributed by atoms with E-state index in [2.05, 4.69) is 0 Å². The number of carbonyl (C=O) groups is 3. The number of non-ortho nitro benzene ring substituents is 1. The molecule has 13 heteroatoms. The molecule has 3 amide bonds. The summed E-state index contributed by atoms with van der Waals surface area (Å²) in [5, 5.41) is 10.6. The van der Waals surface area contributed by atoms with Crippen molar-refractivity contribution in [3.05, 3.63) is 72.6 Å². The van der Waals surface area contributed by atoms with Gasteiger partial charge in [0.25, 0.3) is 16.8 Å². The van der Waals surface area contributed by atoms with Gasteiger partial charge in [0, 0.05) is 25.2 Å². The maximum atomic E-state index is 12.8. The Morgan fingerprint density at radius 3 is 2.39 bits per heavy atom. The zero-order valence-corrected chi connectivity index (χ0v) is 21.0. The van der Waals surface area contributed by atoms with Gasteiger partial charge in [0.15, 0.2) is 5.75 Å². The first-order valence-electron chi connectivity index (χ1n) is 10.7. The van der Waals surface area contributed by atoms with Gasteiger partial charge >= 0.3 is 0 Å². The number of hydrogen-bond donors (Lipinski definition) is 0. The number of morpholine rings is 1. The van der Waals surface area contributed by atoms with Gasteiger partial charge in [-0.05, 0) is 53.2 Å². The molecule has 2 aromatic rings.